The lowest BCUT2D eigenvalue weighted by atomic mass is 9.83. The van der Waals surface area contributed by atoms with Crippen molar-refractivity contribution >= 4 is 32.9 Å². The van der Waals surface area contributed by atoms with Crippen LogP contribution in [0.15, 0.2) is 97.9 Å². The van der Waals surface area contributed by atoms with Gasteiger partial charge < -0.3 is 19.6 Å². The molecule has 0 spiro atoms. The highest BCUT2D eigenvalue weighted by Crippen LogP contribution is 2.43. The summed E-state index contributed by atoms with van der Waals surface area (Å²) >= 11 is 3.46. The summed E-state index contributed by atoms with van der Waals surface area (Å²) in [5.74, 6) is -0.850. The number of carbonyl (C=O) groups is 1. The molecular formula is C26H15BrN2O5. The van der Waals surface area contributed by atoms with Crippen LogP contribution in [0.1, 0.15) is 27.4 Å². The lowest BCUT2D eigenvalue weighted by molar-refractivity contribution is 0.0730. The average Bonchev–Trinajstić information content (AvgIpc) is 2.82. The van der Waals surface area contributed by atoms with Gasteiger partial charge in [-0.05, 0) is 35.9 Å². The number of hydrogen-bond donors (Lipinski definition) is 1. The molecule has 0 amide bonds. The van der Waals surface area contributed by atoms with Gasteiger partial charge in [0.15, 0.2) is 0 Å². The van der Waals surface area contributed by atoms with E-state index < -0.39 is 17.5 Å². The van der Waals surface area contributed by atoms with Crippen LogP contribution >= 0.6 is 15.9 Å². The van der Waals surface area contributed by atoms with E-state index >= 15 is 0 Å². The first-order valence-electron chi connectivity index (χ1n) is 10.2. The zero-order chi connectivity index (χ0) is 23.8. The minimum atomic E-state index is -0.861. The Bertz CT molecular complexity index is 1600. The van der Waals surface area contributed by atoms with Crippen LogP contribution in [0.5, 0.6) is 11.5 Å². The largest absolute Gasteiger partial charge is 0.440 e. The number of allylic oxidation sites excluding steroid dienone is 1. The van der Waals surface area contributed by atoms with Gasteiger partial charge >= 0.3 is 11.6 Å². The van der Waals surface area contributed by atoms with Crippen LogP contribution in [-0.2, 0) is 0 Å². The number of para-hydroxylation sites is 1. The fraction of sp³-hybridized carbons (Fsp3) is 0.0385. The summed E-state index contributed by atoms with van der Waals surface area (Å²) in [7, 11) is 0. The quantitative estimate of drug-likeness (QED) is 0.232. The van der Waals surface area contributed by atoms with E-state index in [0.29, 0.717) is 22.3 Å². The highest BCUT2D eigenvalue weighted by atomic mass is 79.9. The molecule has 0 bridgehead atoms. The van der Waals surface area contributed by atoms with E-state index in [4.69, 9.17) is 19.6 Å². The first kappa shape index (κ1) is 21.5. The fourth-order valence-electron chi connectivity index (χ4n) is 3.89. The van der Waals surface area contributed by atoms with Crippen LogP contribution in [0, 0.1) is 11.3 Å². The molecule has 7 nitrogen and oxygen atoms in total. The van der Waals surface area contributed by atoms with Crippen molar-refractivity contribution in [3.8, 4) is 17.6 Å². The maximum absolute atomic E-state index is 12.7. The summed E-state index contributed by atoms with van der Waals surface area (Å²) in [6.45, 7) is 0. The van der Waals surface area contributed by atoms with Gasteiger partial charge in [0.25, 0.3) is 0 Å². The topological polar surface area (TPSA) is 116 Å². The van der Waals surface area contributed by atoms with Crippen LogP contribution in [0.3, 0.4) is 0 Å². The van der Waals surface area contributed by atoms with Crippen LogP contribution in [0.25, 0.3) is 11.0 Å². The first-order valence-corrected chi connectivity index (χ1v) is 11.0. The maximum Gasteiger partial charge on any atom is 0.351 e. The van der Waals surface area contributed by atoms with E-state index in [-0.39, 0.29) is 22.8 Å². The first-order chi connectivity index (χ1) is 16.4. The van der Waals surface area contributed by atoms with E-state index in [1.54, 1.807) is 36.4 Å². The molecule has 1 unspecified atom stereocenters. The van der Waals surface area contributed by atoms with Crippen molar-refractivity contribution in [1.29, 1.82) is 5.26 Å². The van der Waals surface area contributed by atoms with E-state index in [1.807, 2.05) is 24.3 Å². The Hall–Kier alpha value is -4.35. The van der Waals surface area contributed by atoms with E-state index in [2.05, 4.69) is 22.0 Å². The Morgan fingerprint density at radius 3 is 2.68 bits per heavy atom. The van der Waals surface area contributed by atoms with E-state index in [0.717, 1.165) is 10.0 Å². The number of rotatable bonds is 3. The molecule has 0 saturated carbocycles. The molecule has 1 aliphatic heterocycles. The third-order valence-corrected chi connectivity index (χ3v) is 5.94. The summed E-state index contributed by atoms with van der Waals surface area (Å²) < 4.78 is 17.2. The Morgan fingerprint density at radius 1 is 1.06 bits per heavy atom. The molecule has 2 heterocycles. The van der Waals surface area contributed by atoms with Crippen molar-refractivity contribution in [2.45, 2.75) is 5.92 Å². The predicted molar refractivity (Wildman–Crippen MR) is 127 cm³/mol. The number of hydrogen-bond acceptors (Lipinski definition) is 7. The number of nitriles is 1. The average molecular weight is 515 g/mol. The SMILES string of the molecule is N#CC1=C(N)Oc2cc(OC(=O)c3cc4ccccc4oc3=O)ccc2C1c1cccc(Br)c1. The minimum Gasteiger partial charge on any atom is -0.440 e. The molecule has 2 N–H and O–H groups in total. The van der Waals surface area contributed by atoms with Gasteiger partial charge in [-0.25, -0.2) is 9.59 Å². The monoisotopic (exact) mass is 514 g/mol. The predicted octanol–water partition coefficient (Wildman–Crippen LogP) is 4.99. The number of fused-ring (bicyclic) bond motifs is 2. The molecule has 0 saturated heterocycles. The normalized spacial score (nSPS) is 14.8. The van der Waals surface area contributed by atoms with Crippen LogP contribution in [-0.4, -0.2) is 5.97 Å². The van der Waals surface area contributed by atoms with Crippen LogP contribution in [0.4, 0.5) is 0 Å². The van der Waals surface area contributed by atoms with Gasteiger partial charge in [-0.2, -0.15) is 5.26 Å². The molecule has 1 atom stereocenters. The second-order valence-electron chi connectivity index (χ2n) is 7.55. The molecule has 5 rings (SSSR count). The smallest absolute Gasteiger partial charge is 0.351 e. The van der Waals surface area contributed by atoms with Crippen molar-refractivity contribution in [3.63, 3.8) is 0 Å². The highest BCUT2D eigenvalue weighted by Gasteiger charge is 2.31. The van der Waals surface area contributed by atoms with E-state index in [9.17, 15) is 14.9 Å². The Labute approximate surface area is 201 Å². The molecule has 1 aliphatic rings. The molecular weight excluding hydrogens is 500 g/mol. The van der Waals surface area contributed by atoms with Gasteiger partial charge in [-0.1, -0.05) is 52.3 Å². The molecule has 8 heteroatoms. The minimum absolute atomic E-state index is 0.0291. The fourth-order valence-corrected chi connectivity index (χ4v) is 4.31. The molecule has 34 heavy (non-hydrogen) atoms. The van der Waals surface area contributed by atoms with Gasteiger partial charge in [0.1, 0.15) is 34.3 Å². The van der Waals surface area contributed by atoms with Gasteiger partial charge in [0, 0.05) is 21.5 Å². The molecule has 0 fully saturated rings. The molecule has 0 aliphatic carbocycles. The maximum atomic E-state index is 12.7. The number of nitrogens with two attached hydrogens (primary N) is 1. The molecule has 4 aromatic rings. The Balaban J connectivity index is 1.50. The number of carbonyl (C=O) groups excluding carboxylic acids is 1. The van der Waals surface area contributed by atoms with E-state index in [1.165, 1.54) is 12.1 Å². The summed E-state index contributed by atoms with van der Waals surface area (Å²) in [4.78, 5) is 25.0. The summed E-state index contributed by atoms with van der Waals surface area (Å²) in [6, 6.07) is 22.8. The van der Waals surface area contributed by atoms with Crippen LogP contribution < -0.4 is 20.8 Å². The van der Waals surface area contributed by atoms with Gasteiger partial charge in [-0.15, -0.1) is 0 Å². The summed E-state index contributed by atoms with van der Waals surface area (Å²) in [5, 5.41) is 10.3. The Morgan fingerprint density at radius 2 is 1.88 bits per heavy atom. The van der Waals surface area contributed by atoms with Gasteiger partial charge in [0.2, 0.25) is 5.88 Å². The number of halogens is 1. The lowest BCUT2D eigenvalue weighted by Gasteiger charge is -2.26. The number of nitrogens with zero attached hydrogens (tertiary/aromatic N) is 1. The number of benzene rings is 3. The van der Waals surface area contributed by atoms with Gasteiger partial charge in [0.05, 0.1) is 5.92 Å². The highest BCUT2D eigenvalue weighted by molar-refractivity contribution is 9.10. The molecule has 3 aromatic carbocycles. The standard InChI is InChI=1S/C26H15BrN2O5/c27-16-6-3-5-15(10-16)23-18-9-8-17(12-22(18)33-24(29)20(23)13-28)32-25(30)19-11-14-4-1-2-7-21(14)34-26(19)31/h1-12,23H,29H2. The third-order valence-electron chi connectivity index (χ3n) is 5.44. The second-order valence-corrected chi connectivity index (χ2v) is 8.47. The Kier molecular flexibility index (Phi) is 5.40. The summed E-state index contributed by atoms with van der Waals surface area (Å²) in [5.41, 5.74) is 7.22. The summed E-state index contributed by atoms with van der Waals surface area (Å²) in [6.07, 6.45) is 0. The van der Waals surface area contributed by atoms with Crippen LogP contribution in [0.2, 0.25) is 0 Å². The van der Waals surface area contributed by atoms with Crippen molar-refractivity contribution in [2.75, 3.05) is 0 Å². The molecule has 1 aromatic heterocycles. The number of esters is 1. The third kappa shape index (κ3) is 3.83. The van der Waals surface area contributed by atoms with Crippen molar-refractivity contribution in [1.82, 2.24) is 0 Å². The zero-order valence-corrected chi connectivity index (χ0v) is 19.0. The zero-order valence-electron chi connectivity index (χ0n) is 17.4. The number of ether oxygens (including phenoxy) is 2. The lowest BCUT2D eigenvalue weighted by Crippen LogP contribution is -2.21. The van der Waals surface area contributed by atoms with Crippen molar-refractivity contribution in [3.05, 3.63) is 116 Å². The van der Waals surface area contributed by atoms with Crippen molar-refractivity contribution in [2.24, 2.45) is 5.73 Å². The molecule has 166 valence electrons. The second kappa shape index (κ2) is 8.54. The van der Waals surface area contributed by atoms with Gasteiger partial charge in [-0.3, -0.25) is 0 Å². The van der Waals surface area contributed by atoms with Crippen molar-refractivity contribution < 1.29 is 18.7 Å². The molecule has 0 radical (unpaired) electrons.